The Kier molecular flexibility index (Phi) is 8.45. The molecule has 2 aromatic carbocycles. The van der Waals surface area contributed by atoms with Crippen molar-refractivity contribution in [3.8, 4) is 0 Å². The van der Waals surface area contributed by atoms with E-state index in [1.807, 2.05) is 31.2 Å². The highest BCUT2D eigenvalue weighted by Crippen LogP contribution is 2.18. The highest BCUT2D eigenvalue weighted by Gasteiger charge is 2.25. The Morgan fingerprint density at radius 2 is 1.94 bits per heavy atom. The number of aliphatic imine (C=N–C) groups is 1. The number of guanidine groups is 1. The first kappa shape index (κ1) is 23.2. The standard InChI is InChI=1S/C23H32N4O3S/c1-3-25-23(26-15-20-10-7-11-22(14-20)31(28,29)24-2)27-13-12-21(16-27)18-30-17-19-8-5-4-6-9-19/h4-11,14,21,24H,3,12-13,15-18H2,1-2H3,(H,25,26). The molecule has 1 aliphatic heterocycles. The van der Waals surface area contributed by atoms with Crippen molar-refractivity contribution in [1.82, 2.24) is 14.9 Å². The van der Waals surface area contributed by atoms with Crippen LogP contribution >= 0.6 is 0 Å². The number of nitrogens with zero attached hydrogens (tertiary/aromatic N) is 2. The zero-order valence-electron chi connectivity index (χ0n) is 18.3. The van der Waals surface area contributed by atoms with Gasteiger partial charge in [0.15, 0.2) is 5.96 Å². The lowest BCUT2D eigenvalue weighted by Crippen LogP contribution is -2.40. The lowest BCUT2D eigenvalue weighted by atomic mass is 10.1. The summed E-state index contributed by atoms with van der Waals surface area (Å²) in [5.41, 5.74) is 2.04. The van der Waals surface area contributed by atoms with Crippen molar-refractivity contribution >= 4 is 16.0 Å². The fourth-order valence-electron chi connectivity index (χ4n) is 3.60. The van der Waals surface area contributed by atoms with Crippen LogP contribution in [0.5, 0.6) is 0 Å². The van der Waals surface area contributed by atoms with Gasteiger partial charge in [0, 0.05) is 25.6 Å². The number of hydrogen-bond acceptors (Lipinski definition) is 4. The maximum Gasteiger partial charge on any atom is 0.240 e. The summed E-state index contributed by atoms with van der Waals surface area (Å²) in [4.78, 5) is 7.26. The molecule has 1 fully saturated rings. The van der Waals surface area contributed by atoms with Crippen molar-refractivity contribution < 1.29 is 13.2 Å². The Morgan fingerprint density at radius 1 is 1.16 bits per heavy atom. The van der Waals surface area contributed by atoms with Crippen LogP contribution in [0.25, 0.3) is 0 Å². The van der Waals surface area contributed by atoms with Gasteiger partial charge in [0.1, 0.15) is 0 Å². The monoisotopic (exact) mass is 444 g/mol. The van der Waals surface area contributed by atoms with Crippen LogP contribution in [0.3, 0.4) is 0 Å². The smallest absolute Gasteiger partial charge is 0.240 e. The maximum absolute atomic E-state index is 12.0. The summed E-state index contributed by atoms with van der Waals surface area (Å²) in [7, 11) is -2.05. The van der Waals surface area contributed by atoms with Crippen molar-refractivity contribution in [2.75, 3.05) is 33.3 Å². The summed E-state index contributed by atoms with van der Waals surface area (Å²) in [5.74, 6) is 1.33. The summed E-state index contributed by atoms with van der Waals surface area (Å²) in [6.45, 7) is 6.44. The first-order valence-corrected chi connectivity index (χ1v) is 12.2. The summed E-state index contributed by atoms with van der Waals surface area (Å²) in [5, 5.41) is 3.36. The predicted octanol–water partition coefficient (Wildman–Crippen LogP) is 2.60. The van der Waals surface area contributed by atoms with E-state index in [1.54, 1.807) is 18.2 Å². The zero-order valence-corrected chi connectivity index (χ0v) is 19.1. The molecule has 31 heavy (non-hydrogen) atoms. The van der Waals surface area contributed by atoms with Gasteiger partial charge in [-0.15, -0.1) is 0 Å². The van der Waals surface area contributed by atoms with Crippen molar-refractivity contribution in [2.24, 2.45) is 10.9 Å². The van der Waals surface area contributed by atoms with Gasteiger partial charge < -0.3 is 15.0 Å². The first-order chi connectivity index (χ1) is 15.0. The third kappa shape index (κ3) is 6.78. The van der Waals surface area contributed by atoms with Gasteiger partial charge in [-0.05, 0) is 43.7 Å². The van der Waals surface area contributed by atoms with Crippen LogP contribution < -0.4 is 10.0 Å². The van der Waals surface area contributed by atoms with Crippen molar-refractivity contribution in [1.29, 1.82) is 0 Å². The average molecular weight is 445 g/mol. The highest BCUT2D eigenvalue weighted by molar-refractivity contribution is 7.89. The van der Waals surface area contributed by atoms with E-state index < -0.39 is 10.0 Å². The SMILES string of the molecule is CCNC(=NCc1cccc(S(=O)(=O)NC)c1)N1CCC(COCc2ccccc2)C1. The summed E-state index contributed by atoms with van der Waals surface area (Å²) in [6, 6.07) is 17.1. The molecule has 1 atom stereocenters. The van der Waals surface area contributed by atoms with Crippen LogP contribution in [0.15, 0.2) is 64.5 Å². The van der Waals surface area contributed by atoms with E-state index in [-0.39, 0.29) is 4.90 Å². The molecule has 0 aromatic heterocycles. The lowest BCUT2D eigenvalue weighted by molar-refractivity contribution is 0.0906. The molecule has 2 N–H and O–H groups in total. The number of nitrogens with one attached hydrogen (secondary N) is 2. The van der Waals surface area contributed by atoms with Crippen LogP contribution in [0.1, 0.15) is 24.5 Å². The normalized spacial score (nSPS) is 17.2. The minimum atomic E-state index is -3.46. The van der Waals surface area contributed by atoms with Crippen LogP contribution in [-0.2, 0) is 27.9 Å². The molecule has 0 aliphatic carbocycles. The molecule has 0 bridgehead atoms. The van der Waals surface area contributed by atoms with E-state index in [0.29, 0.717) is 19.1 Å². The largest absolute Gasteiger partial charge is 0.376 e. The quantitative estimate of drug-likeness (QED) is 0.459. The van der Waals surface area contributed by atoms with Gasteiger partial charge in [0.25, 0.3) is 0 Å². The molecule has 7 nitrogen and oxygen atoms in total. The number of benzene rings is 2. The topological polar surface area (TPSA) is 83.0 Å². The molecule has 1 unspecified atom stereocenters. The van der Waals surface area contributed by atoms with Gasteiger partial charge in [-0.1, -0.05) is 42.5 Å². The summed E-state index contributed by atoms with van der Waals surface area (Å²) in [6.07, 6.45) is 1.06. The first-order valence-electron chi connectivity index (χ1n) is 10.7. The number of ether oxygens (including phenoxy) is 1. The number of likely N-dealkylation sites (tertiary alicyclic amines) is 1. The van der Waals surface area contributed by atoms with Gasteiger partial charge in [0.2, 0.25) is 10.0 Å². The number of sulfonamides is 1. The molecular weight excluding hydrogens is 412 g/mol. The van der Waals surface area contributed by atoms with E-state index in [2.05, 4.69) is 27.1 Å². The van der Waals surface area contributed by atoms with E-state index in [4.69, 9.17) is 9.73 Å². The minimum Gasteiger partial charge on any atom is -0.376 e. The summed E-state index contributed by atoms with van der Waals surface area (Å²) < 4.78 is 32.4. The zero-order chi connectivity index (χ0) is 22.1. The summed E-state index contributed by atoms with van der Waals surface area (Å²) >= 11 is 0. The van der Waals surface area contributed by atoms with Gasteiger partial charge in [-0.3, -0.25) is 0 Å². The molecule has 168 valence electrons. The van der Waals surface area contributed by atoms with Crippen molar-refractivity contribution in [2.45, 2.75) is 31.4 Å². The molecule has 1 aliphatic rings. The third-order valence-electron chi connectivity index (χ3n) is 5.27. The Hall–Kier alpha value is -2.42. The Bertz CT molecular complexity index is 964. The average Bonchev–Trinajstić information content (AvgIpc) is 3.26. The molecule has 0 saturated carbocycles. The number of rotatable bonds is 9. The number of hydrogen-bond donors (Lipinski definition) is 2. The minimum absolute atomic E-state index is 0.254. The van der Waals surface area contributed by atoms with Crippen LogP contribution in [0, 0.1) is 5.92 Å². The molecule has 1 heterocycles. The van der Waals surface area contributed by atoms with Gasteiger partial charge in [0.05, 0.1) is 24.7 Å². The van der Waals surface area contributed by atoms with E-state index >= 15 is 0 Å². The Balaban J connectivity index is 1.57. The molecule has 0 radical (unpaired) electrons. The second-order valence-corrected chi connectivity index (χ2v) is 9.51. The molecule has 0 spiro atoms. The molecule has 0 amide bonds. The molecule has 1 saturated heterocycles. The van der Waals surface area contributed by atoms with Gasteiger partial charge in [-0.2, -0.15) is 0 Å². The van der Waals surface area contributed by atoms with Crippen molar-refractivity contribution in [3.63, 3.8) is 0 Å². The second-order valence-electron chi connectivity index (χ2n) is 7.63. The Labute approximate surface area is 185 Å². The van der Waals surface area contributed by atoms with E-state index in [1.165, 1.54) is 12.6 Å². The van der Waals surface area contributed by atoms with Gasteiger partial charge in [-0.25, -0.2) is 18.1 Å². The predicted molar refractivity (Wildman–Crippen MR) is 123 cm³/mol. The molecule has 3 rings (SSSR count). The second kappa shape index (κ2) is 11.3. The van der Waals surface area contributed by atoms with Crippen LogP contribution in [0.2, 0.25) is 0 Å². The molecule has 2 aromatic rings. The van der Waals surface area contributed by atoms with Crippen LogP contribution in [-0.4, -0.2) is 52.6 Å². The molecule has 8 heteroatoms. The molecular formula is C23H32N4O3S. The Morgan fingerprint density at radius 3 is 2.68 bits per heavy atom. The fraction of sp³-hybridized carbons (Fsp3) is 0.435. The third-order valence-corrected chi connectivity index (χ3v) is 6.69. The van der Waals surface area contributed by atoms with Crippen LogP contribution in [0.4, 0.5) is 0 Å². The van der Waals surface area contributed by atoms with Gasteiger partial charge >= 0.3 is 0 Å². The van der Waals surface area contributed by atoms with E-state index in [0.717, 1.165) is 44.2 Å². The van der Waals surface area contributed by atoms with E-state index in [9.17, 15) is 8.42 Å². The lowest BCUT2D eigenvalue weighted by Gasteiger charge is -2.21. The van der Waals surface area contributed by atoms with Crippen molar-refractivity contribution in [3.05, 3.63) is 65.7 Å². The highest BCUT2D eigenvalue weighted by atomic mass is 32.2. The maximum atomic E-state index is 12.0. The fourth-order valence-corrected chi connectivity index (χ4v) is 4.40.